The van der Waals surface area contributed by atoms with E-state index < -0.39 is 74.9 Å². The van der Waals surface area contributed by atoms with Crippen LogP contribution in [-0.2, 0) is 19.2 Å². The standard InChI is InChI=1S/C28H19Br2Cl2F3N2O6/c29-11-36-24(41)26(31)10-18-15(6-7-16-20(18)23(40)37(22(16)39)13-3-1-12(30)2-4-13)21(27(26,32)25(36)42)17-9-14(5-8-19(17)38)43-28(33,34)35/h1-6,8-9,16,18,20-21,38H,7,10-11H2. The van der Waals surface area contributed by atoms with Gasteiger partial charge < -0.3 is 9.84 Å². The van der Waals surface area contributed by atoms with Crippen molar-refractivity contribution in [2.45, 2.75) is 34.9 Å². The molecule has 8 nitrogen and oxygen atoms in total. The summed E-state index contributed by atoms with van der Waals surface area (Å²) < 4.78 is 44.2. The van der Waals surface area contributed by atoms with E-state index >= 15 is 0 Å². The van der Waals surface area contributed by atoms with Crippen LogP contribution in [0.25, 0.3) is 0 Å². The number of allylic oxidation sites excluding steroid dienone is 2. The molecule has 6 unspecified atom stereocenters. The number of likely N-dealkylation sites (tertiary alicyclic amines) is 1. The number of halogens is 7. The van der Waals surface area contributed by atoms with Crippen LogP contribution in [-0.4, -0.2) is 55.2 Å². The van der Waals surface area contributed by atoms with E-state index in [4.69, 9.17) is 23.2 Å². The molecule has 6 atom stereocenters. The minimum absolute atomic E-state index is 0.0383. The Morgan fingerprint density at radius 1 is 1.00 bits per heavy atom. The van der Waals surface area contributed by atoms with Gasteiger partial charge in [-0.2, -0.15) is 0 Å². The highest BCUT2D eigenvalue weighted by Gasteiger charge is 2.76. The highest BCUT2D eigenvalue weighted by atomic mass is 79.9. The van der Waals surface area contributed by atoms with E-state index in [1.54, 1.807) is 30.3 Å². The smallest absolute Gasteiger partial charge is 0.508 e. The highest BCUT2D eigenvalue weighted by molar-refractivity contribution is 9.10. The minimum Gasteiger partial charge on any atom is -0.508 e. The van der Waals surface area contributed by atoms with Gasteiger partial charge in [-0.05, 0) is 61.2 Å². The van der Waals surface area contributed by atoms with E-state index in [9.17, 15) is 37.5 Å². The number of ether oxygens (including phenoxy) is 1. The number of amides is 4. The second-order valence-electron chi connectivity index (χ2n) is 10.7. The summed E-state index contributed by atoms with van der Waals surface area (Å²) in [5.74, 6) is -8.31. The zero-order chi connectivity index (χ0) is 31.2. The number of carbonyl (C=O) groups excluding carboxylic acids is 4. The number of carbonyl (C=O) groups is 4. The van der Waals surface area contributed by atoms with Gasteiger partial charge in [-0.1, -0.05) is 43.5 Å². The molecule has 43 heavy (non-hydrogen) atoms. The first-order valence-corrected chi connectivity index (χ1v) is 15.5. The van der Waals surface area contributed by atoms with Gasteiger partial charge in [0.1, 0.15) is 11.5 Å². The molecule has 2 saturated heterocycles. The van der Waals surface area contributed by atoms with E-state index in [1.807, 2.05) is 0 Å². The summed E-state index contributed by atoms with van der Waals surface area (Å²) >= 11 is 20.6. The van der Waals surface area contributed by atoms with Gasteiger partial charge in [0.2, 0.25) is 11.8 Å². The van der Waals surface area contributed by atoms with Crippen LogP contribution in [0.4, 0.5) is 18.9 Å². The van der Waals surface area contributed by atoms with E-state index in [-0.39, 0.29) is 23.9 Å². The number of nitrogens with zero attached hydrogens (tertiary/aromatic N) is 2. The Hall–Kier alpha value is -2.61. The summed E-state index contributed by atoms with van der Waals surface area (Å²) in [5.41, 5.74) is 0.105. The number of imide groups is 2. The Labute approximate surface area is 269 Å². The second-order valence-corrected chi connectivity index (χ2v) is 13.4. The zero-order valence-corrected chi connectivity index (χ0v) is 26.3. The van der Waals surface area contributed by atoms with Crippen molar-refractivity contribution in [1.82, 2.24) is 4.90 Å². The quantitative estimate of drug-likeness (QED) is 0.178. The van der Waals surface area contributed by atoms with Crippen LogP contribution in [0.15, 0.2) is 58.6 Å². The molecule has 6 rings (SSSR count). The maximum atomic E-state index is 14.0. The Kier molecular flexibility index (Phi) is 7.23. The fourth-order valence-corrected chi connectivity index (χ4v) is 8.59. The number of hydrogen-bond acceptors (Lipinski definition) is 6. The van der Waals surface area contributed by atoms with Crippen LogP contribution in [0.5, 0.6) is 11.5 Å². The van der Waals surface area contributed by atoms with Crippen LogP contribution < -0.4 is 9.64 Å². The first-order valence-electron chi connectivity index (χ1n) is 12.9. The minimum atomic E-state index is -5.07. The first-order chi connectivity index (χ1) is 20.1. The molecule has 0 spiro atoms. The number of alkyl halides is 6. The predicted octanol–water partition coefficient (Wildman–Crippen LogP) is 5.97. The van der Waals surface area contributed by atoms with Gasteiger partial charge in [0, 0.05) is 16.0 Å². The third-order valence-electron chi connectivity index (χ3n) is 8.64. The van der Waals surface area contributed by atoms with Crippen LogP contribution in [0, 0.1) is 17.8 Å². The molecule has 2 heterocycles. The molecule has 0 aromatic heterocycles. The lowest BCUT2D eigenvalue weighted by atomic mass is 9.56. The lowest BCUT2D eigenvalue weighted by Crippen LogP contribution is -2.60. The van der Waals surface area contributed by atoms with Crippen LogP contribution in [0.2, 0.25) is 0 Å². The maximum Gasteiger partial charge on any atom is 0.573 e. The average molecular weight is 767 g/mol. The van der Waals surface area contributed by atoms with E-state index in [2.05, 4.69) is 36.6 Å². The molecule has 4 amide bonds. The molecule has 1 N–H and O–H groups in total. The van der Waals surface area contributed by atoms with E-state index in [0.717, 1.165) is 32.5 Å². The molecule has 4 aliphatic rings. The molecule has 2 aliphatic heterocycles. The number of phenols is 1. The van der Waals surface area contributed by atoms with Crippen molar-refractivity contribution in [1.29, 1.82) is 0 Å². The maximum absolute atomic E-state index is 14.0. The van der Waals surface area contributed by atoms with Crippen LogP contribution in [0.1, 0.15) is 24.3 Å². The molecule has 3 fully saturated rings. The Morgan fingerprint density at radius 3 is 2.30 bits per heavy atom. The number of anilines is 1. The number of aromatic hydroxyl groups is 1. The number of rotatable bonds is 4. The Balaban J connectivity index is 1.53. The molecule has 226 valence electrons. The van der Waals surface area contributed by atoms with Crippen molar-refractivity contribution in [2.75, 3.05) is 10.4 Å². The number of phenolic OH excluding ortho intramolecular Hbond substituents is 1. The third-order valence-corrected chi connectivity index (χ3v) is 11.1. The van der Waals surface area contributed by atoms with Gasteiger partial charge in [0.05, 0.1) is 23.0 Å². The summed E-state index contributed by atoms with van der Waals surface area (Å²) in [6.07, 6.45) is -3.74. The van der Waals surface area contributed by atoms with E-state index in [0.29, 0.717) is 11.3 Å². The van der Waals surface area contributed by atoms with Crippen molar-refractivity contribution in [3.8, 4) is 11.5 Å². The van der Waals surface area contributed by atoms with Gasteiger partial charge in [-0.15, -0.1) is 36.4 Å². The number of fused-ring (bicyclic) bond motifs is 4. The van der Waals surface area contributed by atoms with Gasteiger partial charge in [-0.3, -0.25) is 29.0 Å². The monoisotopic (exact) mass is 764 g/mol. The van der Waals surface area contributed by atoms with Crippen molar-refractivity contribution in [2.24, 2.45) is 17.8 Å². The first kappa shape index (κ1) is 30.4. The van der Waals surface area contributed by atoms with Crippen LogP contribution >= 0.6 is 55.1 Å². The normalized spacial score (nSPS) is 32.0. The van der Waals surface area contributed by atoms with Gasteiger partial charge >= 0.3 is 6.36 Å². The fourth-order valence-electron chi connectivity index (χ4n) is 6.90. The summed E-state index contributed by atoms with van der Waals surface area (Å²) in [5, 5.41) is 10.9. The van der Waals surface area contributed by atoms with Crippen molar-refractivity contribution >= 4 is 84.4 Å². The lowest BCUT2D eigenvalue weighted by Gasteiger charge is -2.50. The van der Waals surface area contributed by atoms with Gasteiger partial charge in [0.25, 0.3) is 11.8 Å². The molecule has 2 aromatic carbocycles. The van der Waals surface area contributed by atoms with Crippen molar-refractivity contribution < 1.29 is 42.2 Å². The summed E-state index contributed by atoms with van der Waals surface area (Å²) in [6, 6.07) is 9.25. The number of hydrogen-bond donors (Lipinski definition) is 1. The van der Waals surface area contributed by atoms with Gasteiger partial charge in [-0.25, -0.2) is 0 Å². The molecular weight excluding hydrogens is 748 g/mol. The van der Waals surface area contributed by atoms with Gasteiger partial charge in [0.15, 0.2) is 9.75 Å². The largest absolute Gasteiger partial charge is 0.573 e. The molecule has 2 aliphatic carbocycles. The Morgan fingerprint density at radius 2 is 1.67 bits per heavy atom. The highest BCUT2D eigenvalue weighted by Crippen LogP contribution is 2.66. The third kappa shape index (κ3) is 4.36. The van der Waals surface area contributed by atoms with Crippen molar-refractivity contribution in [3.05, 3.63) is 64.1 Å². The summed E-state index contributed by atoms with van der Waals surface area (Å²) in [4.78, 5) is 52.4. The molecule has 0 bridgehead atoms. The molecular formula is C28H19Br2Cl2F3N2O6. The van der Waals surface area contributed by atoms with Crippen LogP contribution in [0.3, 0.4) is 0 Å². The zero-order valence-electron chi connectivity index (χ0n) is 21.6. The van der Waals surface area contributed by atoms with E-state index in [1.165, 1.54) is 0 Å². The second kappa shape index (κ2) is 10.2. The Bertz CT molecular complexity index is 1620. The SMILES string of the molecule is O=C1C2CC=C3C(CC4(Cl)C(=O)N(CBr)C(=O)C4(Cl)C3c3cc(OC(F)(F)F)ccc3O)C2C(=O)N1c1ccc(Br)cc1. The number of benzene rings is 2. The summed E-state index contributed by atoms with van der Waals surface area (Å²) in [6.45, 7) is 0. The molecule has 2 aromatic rings. The fraction of sp³-hybridized carbons (Fsp3) is 0.357. The predicted molar refractivity (Wildman–Crippen MR) is 155 cm³/mol. The molecule has 15 heteroatoms. The summed E-state index contributed by atoms with van der Waals surface area (Å²) in [7, 11) is 0. The van der Waals surface area contributed by atoms with Crippen molar-refractivity contribution in [3.63, 3.8) is 0 Å². The average Bonchev–Trinajstić information content (AvgIpc) is 3.27. The topological polar surface area (TPSA) is 104 Å². The lowest BCUT2D eigenvalue weighted by molar-refractivity contribution is -0.274. The molecule has 0 radical (unpaired) electrons. The molecule has 1 saturated carbocycles.